The van der Waals surface area contributed by atoms with Crippen molar-refractivity contribution in [2.75, 3.05) is 13.2 Å². The molecule has 45 valence electrons. The Labute approximate surface area is 49.9 Å². The van der Waals surface area contributed by atoms with Crippen LogP contribution < -0.4 is 5.32 Å². The van der Waals surface area contributed by atoms with Gasteiger partial charge in [-0.15, -0.1) is 0 Å². The van der Waals surface area contributed by atoms with Crippen LogP contribution in [0, 0.1) is 6.54 Å². The SMILES string of the molecule is [CH]1NCN2CCCC12. The van der Waals surface area contributed by atoms with E-state index in [1.165, 1.54) is 19.4 Å². The molecule has 0 aliphatic carbocycles. The maximum absolute atomic E-state index is 3.23. The molecule has 2 heteroatoms. The highest BCUT2D eigenvalue weighted by Gasteiger charge is 2.28. The van der Waals surface area contributed by atoms with Gasteiger partial charge in [-0.05, 0) is 19.4 Å². The number of nitrogens with one attached hydrogen (secondary N) is 1. The molecule has 2 fully saturated rings. The fraction of sp³-hybridized carbons (Fsp3) is 0.833. The number of hydrogen-bond acceptors (Lipinski definition) is 2. The van der Waals surface area contributed by atoms with E-state index in [4.69, 9.17) is 0 Å². The Morgan fingerprint density at radius 2 is 2.62 bits per heavy atom. The second-order valence-electron chi connectivity index (χ2n) is 2.55. The first-order valence-electron chi connectivity index (χ1n) is 3.27. The molecule has 0 aromatic carbocycles. The average Bonchev–Trinajstić information content (AvgIpc) is 2.15. The van der Waals surface area contributed by atoms with E-state index in [0.717, 1.165) is 12.7 Å². The number of rotatable bonds is 0. The molecule has 8 heavy (non-hydrogen) atoms. The van der Waals surface area contributed by atoms with Crippen LogP contribution in [0.4, 0.5) is 0 Å². The molecule has 0 spiro atoms. The van der Waals surface area contributed by atoms with Gasteiger partial charge in [0.2, 0.25) is 0 Å². The van der Waals surface area contributed by atoms with Crippen LogP contribution in [-0.4, -0.2) is 24.2 Å². The van der Waals surface area contributed by atoms with E-state index in [1.807, 2.05) is 0 Å². The van der Waals surface area contributed by atoms with Gasteiger partial charge in [0, 0.05) is 19.3 Å². The van der Waals surface area contributed by atoms with Crippen molar-refractivity contribution in [2.24, 2.45) is 0 Å². The Balaban J connectivity index is 2.04. The fourth-order valence-corrected chi connectivity index (χ4v) is 1.54. The van der Waals surface area contributed by atoms with E-state index < -0.39 is 0 Å². The quantitative estimate of drug-likeness (QED) is 0.479. The summed E-state index contributed by atoms with van der Waals surface area (Å²) in [5.41, 5.74) is 0. The highest BCUT2D eigenvalue weighted by atomic mass is 15.3. The zero-order valence-electron chi connectivity index (χ0n) is 4.93. The largest absolute Gasteiger partial charge is 0.298 e. The average molecular weight is 111 g/mol. The third-order valence-corrected chi connectivity index (χ3v) is 2.02. The van der Waals surface area contributed by atoms with Gasteiger partial charge in [-0.3, -0.25) is 10.2 Å². The van der Waals surface area contributed by atoms with Crippen molar-refractivity contribution in [3.8, 4) is 0 Å². The van der Waals surface area contributed by atoms with Gasteiger partial charge in [-0.2, -0.15) is 0 Å². The Kier molecular flexibility index (Phi) is 1.02. The fourth-order valence-electron chi connectivity index (χ4n) is 1.54. The molecule has 2 aliphatic heterocycles. The van der Waals surface area contributed by atoms with Gasteiger partial charge in [0.1, 0.15) is 0 Å². The van der Waals surface area contributed by atoms with Crippen molar-refractivity contribution >= 4 is 0 Å². The van der Waals surface area contributed by atoms with Crippen LogP contribution in [0.2, 0.25) is 0 Å². The first-order valence-corrected chi connectivity index (χ1v) is 3.27. The molecule has 1 radical (unpaired) electrons. The van der Waals surface area contributed by atoms with E-state index in [0.29, 0.717) is 0 Å². The summed E-state index contributed by atoms with van der Waals surface area (Å²) in [5, 5.41) is 3.23. The minimum absolute atomic E-state index is 0.773. The Morgan fingerprint density at radius 3 is 3.50 bits per heavy atom. The lowest BCUT2D eigenvalue weighted by Gasteiger charge is -2.10. The monoisotopic (exact) mass is 111 g/mol. The summed E-state index contributed by atoms with van der Waals surface area (Å²) >= 11 is 0. The van der Waals surface area contributed by atoms with Crippen LogP contribution in [0.5, 0.6) is 0 Å². The topological polar surface area (TPSA) is 15.3 Å². The molecule has 2 saturated heterocycles. The molecule has 2 nitrogen and oxygen atoms in total. The molecule has 1 unspecified atom stereocenters. The van der Waals surface area contributed by atoms with Crippen molar-refractivity contribution < 1.29 is 0 Å². The van der Waals surface area contributed by atoms with Gasteiger partial charge in [-0.25, -0.2) is 0 Å². The number of hydrogen-bond donors (Lipinski definition) is 1. The third kappa shape index (κ3) is 0.565. The molecule has 1 N–H and O–H groups in total. The molecule has 0 aromatic rings. The third-order valence-electron chi connectivity index (χ3n) is 2.02. The molecule has 0 amide bonds. The van der Waals surface area contributed by atoms with Crippen molar-refractivity contribution in [1.82, 2.24) is 10.2 Å². The van der Waals surface area contributed by atoms with Gasteiger partial charge in [-0.1, -0.05) is 0 Å². The summed E-state index contributed by atoms with van der Waals surface area (Å²) in [6.07, 6.45) is 2.76. The molecule has 0 bridgehead atoms. The zero-order valence-corrected chi connectivity index (χ0v) is 4.93. The lowest BCUT2D eigenvalue weighted by atomic mass is 10.2. The summed E-state index contributed by atoms with van der Waals surface area (Å²) in [4.78, 5) is 2.47. The second-order valence-corrected chi connectivity index (χ2v) is 2.55. The highest BCUT2D eigenvalue weighted by molar-refractivity contribution is 4.93. The lowest BCUT2D eigenvalue weighted by Crippen LogP contribution is -2.23. The summed E-state index contributed by atoms with van der Waals surface area (Å²) in [5.74, 6) is 0. The van der Waals surface area contributed by atoms with Gasteiger partial charge in [0.15, 0.2) is 0 Å². The predicted molar refractivity (Wildman–Crippen MR) is 32.0 cm³/mol. The molecule has 0 saturated carbocycles. The minimum Gasteiger partial charge on any atom is -0.298 e. The normalized spacial score (nSPS) is 38.2. The maximum Gasteiger partial charge on any atom is 0.0487 e. The maximum atomic E-state index is 3.23. The zero-order chi connectivity index (χ0) is 5.40. The van der Waals surface area contributed by atoms with Crippen LogP contribution in [0.1, 0.15) is 12.8 Å². The number of fused-ring (bicyclic) bond motifs is 1. The summed E-state index contributed by atoms with van der Waals surface area (Å²) < 4.78 is 0. The van der Waals surface area contributed by atoms with Gasteiger partial charge < -0.3 is 0 Å². The Hall–Kier alpha value is -0.0800. The molecule has 1 atom stereocenters. The Bertz CT molecular complexity index is 72.5. The molecule has 2 heterocycles. The van der Waals surface area contributed by atoms with E-state index in [2.05, 4.69) is 16.8 Å². The summed E-state index contributed by atoms with van der Waals surface area (Å²) in [6.45, 7) is 4.60. The minimum atomic E-state index is 0.773. The van der Waals surface area contributed by atoms with E-state index in [-0.39, 0.29) is 0 Å². The smallest absolute Gasteiger partial charge is 0.0487 e. The lowest BCUT2D eigenvalue weighted by molar-refractivity contribution is 0.332. The summed E-state index contributed by atoms with van der Waals surface area (Å²) in [6, 6.07) is 0.773. The molecule has 2 aliphatic rings. The van der Waals surface area contributed by atoms with Crippen LogP contribution in [0.3, 0.4) is 0 Å². The van der Waals surface area contributed by atoms with Crippen LogP contribution >= 0.6 is 0 Å². The van der Waals surface area contributed by atoms with E-state index >= 15 is 0 Å². The number of nitrogens with zero attached hydrogens (tertiary/aromatic N) is 1. The predicted octanol–water partition coefficient (Wildman–Crippen LogP) is 0.173. The standard InChI is InChI=1S/C6H11N2/c1-2-6-4-7-5-8(6)3-1/h4,6-7H,1-3,5H2. The second kappa shape index (κ2) is 1.71. The first kappa shape index (κ1) is 4.77. The van der Waals surface area contributed by atoms with Crippen molar-refractivity contribution in [3.05, 3.63) is 6.54 Å². The first-order chi connectivity index (χ1) is 3.97. The molecular weight excluding hydrogens is 100 g/mol. The Morgan fingerprint density at radius 1 is 1.62 bits per heavy atom. The molecule has 0 aromatic heterocycles. The van der Waals surface area contributed by atoms with Crippen LogP contribution in [0.25, 0.3) is 0 Å². The van der Waals surface area contributed by atoms with Crippen molar-refractivity contribution in [3.63, 3.8) is 0 Å². The highest BCUT2D eigenvalue weighted by Crippen LogP contribution is 2.20. The van der Waals surface area contributed by atoms with Crippen LogP contribution in [-0.2, 0) is 0 Å². The van der Waals surface area contributed by atoms with Crippen LogP contribution in [0.15, 0.2) is 0 Å². The van der Waals surface area contributed by atoms with Crippen molar-refractivity contribution in [1.29, 1.82) is 0 Å². The van der Waals surface area contributed by atoms with Crippen molar-refractivity contribution in [2.45, 2.75) is 18.9 Å². The van der Waals surface area contributed by atoms with Gasteiger partial charge in [0.05, 0.1) is 0 Å². The van der Waals surface area contributed by atoms with E-state index in [9.17, 15) is 0 Å². The van der Waals surface area contributed by atoms with E-state index in [1.54, 1.807) is 0 Å². The van der Waals surface area contributed by atoms with Gasteiger partial charge >= 0.3 is 0 Å². The van der Waals surface area contributed by atoms with Gasteiger partial charge in [0.25, 0.3) is 0 Å². The molecular formula is C6H11N2. The molecule has 2 rings (SSSR count). The summed E-state index contributed by atoms with van der Waals surface area (Å²) in [7, 11) is 0.